The molecule has 1 aromatic heterocycles. The molecule has 0 radical (unpaired) electrons. The quantitative estimate of drug-likeness (QED) is 0.174. The molecule has 2 N–H and O–H groups in total. The minimum absolute atomic E-state index is 0.0641. The van der Waals surface area contributed by atoms with E-state index < -0.39 is 17.8 Å². The van der Waals surface area contributed by atoms with Crippen LogP contribution in [-0.2, 0) is 28.9 Å². The Morgan fingerprint density at radius 1 is 0.810 bits per heavy atom. The standard InChI is InChI=1S/C48H56F4N4O2/c1-45(2,3)36(26-40(57)27-15-19-47(49,50)20-16-27)43-54-38-14-10-32-24-30(8-12-34(32)41(38)55-43)29-7-11-33-31(23-29)9-13-37-35(33)25-39(53-37)42(46(4,5)6)56-44(58)28-17-21-48(51,52)22-18-28/h7-9,11-13,23-24,27-28,36,42H,10,14-22,25-26H2,1-6H3,(H,54,55)(H,56,58)/t36-,42-/m1/s1. The van der Waals surface area contributed by atoms with Gasteiger partial charge in [0.15, 0.2) is 0 Å². The number of nitrogens with one attached hydrogen (secondary N) is 2. The number of aliphatic imine (C=N–C) groups is 1. The van der Waals surface area contributed by atoms with E-state index in [2.05, 4.69) is 100 Å². The van der Waals surface area contributed by atoms with E-state index >= 15 is 0 Å². The van der Waals surface area contributed by atoms with Gasteiger partial charge in [-0.05, 0) is 94.5 Å². The zero-order valence-corrected chi connectivity index (χ0v) is 34.6. The Hall–Kier alpha value is -4.34. The van der Waals surface area contributed by atoms with Gasteiger partial charge in [0, 0.05) is 73.2 Å². The Morgan fingerprint density at radius 3 is 2.10 bits per heavy atom. The lowest BCUT2D eigenvalue weighted by molar-refractivity contribution is -0.130. The zero-order valence-electron chi connectivity index (χ0n) is 34.6. The topological polar surface area (TPSA) is 87.2 Å². The molecule has 0 spiro atoms. The molecule has 3 aromatic carbocycles. The summed E-state index contributed by atoms with van der Waals surface area (Å²) in [6, 6.07) is 16.9. The van der Waals surface area contributed by atoms with Crippen molar-refractivity contribution < 1.29 is 27.2 Å². The first-order valence-corrected chi connectivity index (χ1v) is 21.2. The molecule has 0 bridgehead atoms. The van der Waals surface area contributed by atoms with E-state index in [4.69, 9.17) is 9.98 Å². The van der Waals surface area contributed by atoms with E-state index in [9.17, 15) is 27.2 Å². The summed E-state index contributed by atoms with van der Waals surface area (Å²) < 4.78 is 55.3. The Kier molecular flexibility index (Phi) is 10.3. The highest BCUT2D eigenvalue weighted by Gasteiger charge is 2.42. The van der Waals surface area contributed by atoms with Gasteiger partial charge in [-0.25, -0.2) is 22.5 Å². The molecule has 0 unspecified atom stereocenters. The van der Waals surface area contributed by atoms with Gasteiger partial charge in [0.1, 0.15) is 11.6 Å². The first kappa shape index (κ1) is 40.4. The molecule has 2 atom stereocenters. The van der Waals surface area contributed by atoms with Crippen LogP contribution in [0.2, 0.25) is 0 Å². The predicted molar refractivity (Wildman–Crippen MR) is 222 cm³/mol. The molecule has 1 amide bonds. The summed E-state index contributed by atoms with van der Waals surface area (Å²) in [5.74, 6) is -5.52. The summed E-state index contributed by atoms with van der Waals surface area (Å²) in [6.07, 6.45) is 2.51. The number of hydrogen-bond donors (Lipinski definition) is 2. The summed E-state index contributed by atoms with van der Waals surface area (Å²) in [4.78, 5) is 40.6. The number of aryl methyl sites for hydroxylation is 2. The van der Waals surface area contributed by atoms with Gasteiger partial charge in [0.25, 0.3) is 0 Å². The maximum Gasteiger partial charge on any atom is 0.248 e. The number of nitrogens with zero attached hydrogens (tertiary/aromatic N) is 2. The van der Waals surface area contributed by atoms with E-state index in [0.29, 0.717) is 6.42 Å². The molecule has 10 heteroatoms. The van der Waals surface area contributed by atoms with Gasteiger partial charge in [0.2, 0.25) is 17.8 Å². The minimum atomic E-state index is -2.68. The number of hydrogen-bond acceptors (Lipinski definition) is 4. The summed E-state index contributed by atoms with van der Waals surface area (Å²) in [6.45, 7) is 12.6. The van der Waals surface area contributed by atoms with Crippen molar-refractivity contribution in [3.8, 4) is 22.4 Å². The van der Waals surface area contributed by atoms with E-state index in [-0.39, 0.29) is 98.2 Å². The highest BCUT2D eigenvalue weighted by molar-refractivity contribution is 6.06. The van der Waals surface area contributed by atoms with Crippen molar-refractivity contribution in [3.63, 3.8) is 0 Å². The number of amides is 1. The van der Waals surface area contributed by atoms with Gasteiger partial charge in [-0.15, -0.1) is 0 Å². The van der Waals surface area contributed by atoms with Crippen molar-refractivity contribution in [2.75, 3.05) is 0 Å². The molecule has 1 aliphatic heterocycles. The number of aromatic nitrogens is 2. The van der Waals surface area contributed by atoms with Crippen molar-refractivity contribution in [2.45, 2.75) is 142 Å². The highest BCUT2D eigenvalue weighted by Crippen LogP contribution is 2.45. The first-order chi connectivity index (χ1) is 27.2. The largest absolute Gasteiger partial charge is 0.347 e. The Morgan fingerprint density at radius 2 is 1.45 bits per heavy atom. The fourth-order valence-electron chi connectivity index (χ4n) is 9.77. The second-order valence-corrected chi connectivity index (χ2v) is 19.8. The Bertz CT molecular complexity index is 2270. The maximum atomic E-state index is 13.8. The van der Waals surface area contributed by atoms with E-state index in [0.717, 1.165) is 74.5 Å². The summed E-state index contributed by atoms with van der Waals surface area (Å²) in [5, 5.41) is 5.44. The van der Waals surface area contributed by atoms with Crippen LogP contribution in [0.1, 0.15) is 128 Å². The number of carbonyl (C=O) groups is 2. The Labute approximate surface area is 339 Å². The molecule has 58 heavy (non-hydrogen) atoms. The molecule has 8 rings (SSSR count). The normalized spacial score (nSPS) is 20.5. The van der Waals surface area contributed by atoms with Crippen LogP contribution >= 0.6 is 0 Å². The van der Waals surface area contributed by atoms with Crippen molar-refractivity contribution >= 4 is 33.9 Å². The molecule has 4 aromatic rings. The molecule has 3 aliphatic carbocycles. The van der Waals surface area contributed by atoms with Crippen LogP contribution in [0.5, 0.6) is 0 Å². The third kappa shape index (κ3) is 8.14. The van der Waals surface area contributed by atoms with Crippen molar-refractivity contribution in [1.82, 2.24) is 15.3 Å². The third-order valence-corrected chi connectivity index (χ3v) is 13.4. The summed E-state index contributed by atoms with van der Waals surface area (Å²) in [7, 11) is 0. The highest BCUT2D eigenvalue weighted by atomic mass is 19.3. The fraction of sp³-hybridized carbons (Fsp3) is 0.542. The molecule has 6 nitrogen and oxygen atoms in total. The maximum absolute atomic E-state index is 13.8. The first-order valence-electron chi connectivity index (χ1n) is 21.2. The van der Waals surface area contributed by atoms with Crippen LogP contribution in [0.3, 0.4) is 0 Å². The van der Waals surface area contributed by atoms with E-state index in [1.54, 1.807) is 0 Å². The number of halogens is 4. The van der Waals surface area contributed by atoms with Crippen LogP contribution in [0.15, 0.2) is 53.5 Å². The molecule has 4 aliphatic rings. The summed E-state index contributed by atoms with van der Waals surface area (Å²) >= 11 is 0. The smallest absolute Gasteiger partial charge is 0.248 e. The lowest BCUT2D eigenvalue weighted by atomic mass is 9.74. The zero-order chi connectivity index (χ0) is 41.4. The van der Waals surface area contributed by atoms with Crippen molar-refractivity contribution in [1.29, 1.82) is 0 Å². The van der Waals surface area contributed by atoms with Gasteiger partial charge >= 0.3 is 0 Å². The lowest BCUT2D eigenvalue weighted by Gasteiger charge is -2.34. The number of imidazole rings is 1. The third-order valence-electron chi connectivity index (χ3n) is 13.4. The van der Waals surface area contributed by atoms with Crippen LogP contribution in [0.4, 0.5) is 23.2 Å². The number of Topliss-reactive ketones (excluding diaryl/α,β-unsaturated/α-hetero) is 1. The lowest BCUT2D eigenvalue weighted by Crippen LogP contribution is -2.51. The molecule has 308 valence electrons. The van der Waals surface area contributed by atoms with Gasteiger partial charge < -0.3 is 10.3 Å². The number of fused-ring (bicyclic) bond motifs is 6. The average molecular weight is 797 g/mol. The van der Waals surface area contributed by atoms with Crippen LogP contribution in [-0.4, -0.2) is 45.3 Å². The van der Waals surface area contributed by atoms with Gasteiger partial charge in [-0.3, -0.25) is 14.6 Å². The average Bonchev–Trinajstić information content (AvgIpc) is 3.79. The van der Waals surface area contributed by atoms with E-state index in [1.807, 2.05) is 0 Å². The van der Waals surface area contributed by atoms with Gasteiger partial charge in [0.05, 0.1) is 17.4 Å². The van der Waals surface area contributed by atoms with Crippen LogP contribution < -0.4 is 5.32 Å². The van der Waals surface area contributed by atoms with E-state index in [1.165, 1.54) is 5.56 Å². The van der Waals surface area contributed by atoms with Crippen molar-refractivity contribution in [3.05, 3.63) is 71.2 Å². The molecule has 2 saturated carbocycles. The number of H-pyrrole nitrogens is 1. The molecular weight excluding hydrogens is 741 g/mol. The van der Waals surface area contributed by atoms with Crippen LogP contribution in [0, 0.1) is 22.7 Å². The van der Waals surface area contributed by atoms with Gasteiger partial charge in [-0.1, -0.05) is 77.9 Å². The number of carbonyl (C=O) groups excluding carboxylic acids is 2. The second kappa shape index (κ2) is 14.7. The fourth-order valence-corrected chi connectivity index (χ4v) is 9.77. The molecular formula is C48H56F4N4O2. The minimum Gasteiger partial charge on any atom is -0.347 e. The second-order valence-electron chi connectivity index (χ2n) is 19.8. The summed E-state index contributed by atoms with van der Waals surface area (Å²) in [5.41, 5.74) is 8.87. The monoisotopic (exact) mass is 796 g/mol. The number of benzene rings is 3. The SMILES string of the molecule is CC(C)(C)[C@H](NC(=O)C1CCC(F)(F)CC1)C1=Nc2ccc3cc(-c4ccc5c(c4)CCc4[nH]c([C@@H](CC(=O)C6CCC(F)(F)CC6)C(C)(C)C)nc4-5)ccc3c2C1. The number of aromatic amines is 1. The molecule has 0 saturated heterocycles. The Balaban J connectivity index is 0.992. The number of rotatable bonds is 8. The van der Waals surface area contributed by atoms with Crippen molar-refractivity contribution in [2.24, 2.45) is 27.7 Å². The predicted octanol–water partition coefficient (Wildman–Crippen LogP) is 11.9. The van der Waals surface area contributed by atoms with Gasteiger partial charge in [-0.2, -0.15) is 0 Å². The molecule has 2 fully saturated rings. The van der Waals surface area contributed by atoms with Crippen LogP contribution in [0.25, 0.3) is 33.2 Å². The molecule has 2 heterocycles. The number of ketones is 1. The number of alkyl halides is 4.